The largest absolute Gasteiger partial charge is 0.389 e. The number of hydrogen-bond acceptors (Lipinski definition) is 2. The van der Waals surface area contributed by atoms with E-state index in [1.54, 1.807) is 11.8 Å². The average Bonchev–Trinajstić information content (AvgIpc) is 3.07. The number of halogens is 3. The van der Waals surface area contributed by atoms with Gasteiger partial charge in [-0.3, -0.25) is 0 Å². The average molecular weight is 446 g/mol. The minimum absolute atomic E-state index is 0.118. The van der Waals surface area contributed by atoms with Crippen molar-refractivity contribution in [1.29, 1.82) is 0 Å². The molecule has 0 aliphatic rings. The second kappa shape index (κ2) is 9.35. The highest BCUT2D eigenvalue weighted by Gasteiger charge is 2.27. The molecule has 7 heteroatoms. The first-order valence-corrected chi connectivity index (χ1v) is 11.2. The van der Waals surface area contributed by atoms with E-state index in [1.165, 1.54) is 0 Å². The molecule has 0 fully saturated rings. The highest BCUT2D eigenvalue weighted by molar-refractivity contribution is 7.98. The van der Waals surface area contributed by atoms with Crippen molar-refractivity contribution in [1.82, 2.24) is 9.55 Å². The third-order valence-electron chi connectivity index (χ3n) is 4.95. The molecule has 0 amide bonds. The van der Waals surface area contributed by atoms with Gasteiger partial charge in [-0.1, -0.05) is 45.0 Å². The van der Waals surface area contributed by atoms with Gasteiger partial charge in [-0.15, -0.1) is 11.8 Å². The first-order valence-electron chi connectivity index (χ1n) is 10.2. The summed E-state index contributed by atoms with van der Waals surface area (Å²) in [7, 11) is 0. The molecular formula is C24H26F3N3S. The van der Waals surface area contributed by atoms with E-state index in [0.717, 1.165) is 33.1 Å². The van der Waals surface area contributed by atoms with Crippen LogP contribution in [0.4, 0.5) is 18.9 Å². The molecule has 0 bridgehead atoms. The van der Waals surface area contributed by atoms with Gasteiger partial charge in [-0.25, -0.2) is 9.83 Å². The predicted molar refractivity (Wildman–Crippen MR) is 121 cm³/mol. The maximum Gasteiger partial charge on any atom is 0.389 e. The number of unbranched alkanes of at least 4 members (excludes halogenated alkanes) is 1. The molecule has 0 N–H and O–H groups in total. The Hall–Kier alpha value is -2.46. The monoisotopic (exact) mass is 445 g/mol. The fourth-order valence-corrected chi connectivity index (χ4v) is 4.31. The fraction of sp³-hybridized carbons (Fsp3) is 0.417. The lowest BCUT2D eigenvalue weighted by atomic mass is 9.95. The molecule has 1 aromatic heterocycles. The van der Waals surface area contributed by atoms with E-state index < -0.39 is 12.6 Å². The first-order chi connectivity index (χ1) is 14.6. The number of alkyl halides is 3. The van der Waals surface area contributed by atoms with Gasteiger partial charge in [-0.05, 0) is 36.6 Å². The van der Waals surface area contributed by atoms with Crippen LogP contribution in [0.5, 0.6) is 0 Å². The van der Waals surface area contributed by atoms with Crippen molar-refractivity contribution in [3.05, 3.63) is 65.3 Å². The minimum atomic E-state index is -4.10. The van der Waals surface area contributed by atoms with E-state index >= 15 is 0 Å². The van der Waals surface area contributed by atoms with Gasteiger partial charge in [0.1, 0.15) is 5.82 Å². The van der Waals surface area contributed by atoms with Crippen LogP contribution in [0, 0.1) is 6.57 Å². The van der Waals surface area contributed by atoms with E-state index in [2.05, 4.69) is 36.2 Å². The zero-order chi connectivity index (χ0) is 22.6. The second-order valence-corrected chi connectivity index (χ2v) is 9.68. The van der Waals surface area contributed by atoms with Gasteiger partial charge >= 0.3 is 6.18 Å². The minimum Gasteiger partial charge on any atom is -0.328 e. The summed E-state index contributed by atoms with van der Waals surface area (Å²) < 4.78 is 39.5. The molecule has 0 aliphatic carbocycles. The van der Waals surface area contributed by atoms with Crippen LogP contribution in [0.3, 0.4) is 0 Å². The van der Waals surface area contributed by atoms with Gasteiger partial charge in [0.2, 0.25) is 0 Å². The zero-order valence-electron chi connectivity index (χ0n) is 18.0. The van der Waals surface area contributed by atoms with Crippen LogP contribution in [0.15, 0.2) is 47.4 Å². The van der Waals surface area contributed by atoms with E-state index in [4.69, 9.17) is 11.6 Å². The van der Waals surface area contributed by atoms with Crippen LogP contribution >= 0.6 is 11.8 Å². The van der Waals surface area contributed by atoms with Crippen LogP contribution in [0.1, 0.15) is 51.4 Å². The summed E-state index contributed by atoms with van der Waals surface area (Å²) in [5, 5.41) is 0. The molecule has 31 heavy (non-hydrogen) atoms. The summed E-state index contributed by atoms with van der Waals surface area (Å²) in [6, 6.07) is 13.7. The van der Waals surface area contributed by atoms with Crippen LogP contribution in [0.25, 0.3) is 15.9 Å². The molecule has 0 spiro atoms. The third-order valence-corrected chi connectivity index (χ3v) is 6.02. The molecule has 3 nitrogen and oxygen atoms in total. The van der Waals surface area contributed by atoms with Crippen LogP contribution < -0.4 is 0 Å². The number of aryl methyl sites for hydroxylation is 1. The Morgan fingerprint density at radius 2 is 1.74 bits per heavy atom. The Kier molecular flexibility index (Phi) is 7.00. The summed E-state index contributed by atoms with van der Waals surface area (Å²) in [4.78, 5) is 9.34. The summed E-state index contributed by atoms with van der Waals surface area (Å²) >= 11 is 1.70. The molecule has 0 radical (unpaired) electrons. The molecule has 1 heterocycles. The molecule has 0 saturated carbocycles. The number of thioether (sulfide) groups is 1. The van der Waals surface area contributed by atoms with Crippen molar-refractivity contribution in [2.24, 2.45) is 0 Å². The molecule has 0 unspecified atom stereocenters. The molecular weight excluding hydrogens is 419 g/mol. The number of benzene rings is 2. The number of fused-ring (bicyclic) bond motifs is 1. The zero-order valence-corrected chi connectivity index (χ0v) is 18.8. The van der Waals surface area contributed by atoms with Crippen LogP contribution in [-0.2, 0) is 17.7 Å². The molecule has 0 atom stereocenters. The number of nitrogens with zero attached hydrogens (tertiary/aromatic N) is 3. The van der Waals surface area contributed by atoms with Gasteiger partial charge in [0.05, 0.1) is 17.6 Å². The maximum absolute atomic E-state index is 12.5. The van der Waals surface area contributed by atoms with Crippen molar-refractivity contribution in [3.63, 3.8) is 0 Å². The topological polar surface area (TPSA) is 22.2 Å². The lowest BCUT2D eigenvalue weighted by Crippen LogP contribution is -2.19. The number of rotatable bonds is 7. The smallest absolute Gasteiger partial charge is 0.328 e. The van der Waals surface area contributed by atoms with E-state index in [9.17, 15) is 13.2 Å². The Morgan fingerprint density at radius 1 is 1.03 bits per heavy atom. The van der Waals surface area contributed by atoms with Crippen molar-refractivity contribution in [3.8, 4) is 0 Å². The van der Waals surface area contributed by atoms with Crippen LogP contribution in [-0.4, -0.2) is 15.7 Å². The Morgan fingerprint density at radius 3 is 2.35 bits per heavy atom. The molecule has 164 valence electrons. The van der Waals surface area contributed by atoms with Gasteiger partial charge in [0.25, 0.3) is 0 Å². The number of imidazole rings is 1. The SMILES string of the molecule is [C-]#[N+]c1ccc(CSc2ccc3c(c2)nc(C(C)(C)C)n3CCCCC(F)(F)F)cc1. The van der Waals surface area contributed by atoms with Crippen molar-refractivity contribution in [2.75, 3.05) is 0 Å². The quantitative estimate of drug-likeness (QED) is 0.209. The van der Waals surface area contributed by atoms with E-state index in [-0.39, 0.29) is 11.8 Å². The molecule has 3 aromatic rings. The Labute approximate surface area is 185 Å². The molecule has 0 saturated heterocycles. The Balaban J connectivity index is 1.77. The highest BCUT2D eigenvalue weighted by atomic mass is 32.2. The summed E-state index contributed by atoms with van der Waals surface area (Å²) in [5.74, 6) is 1.68. The summed E-state index contributed by atoms with van der Waals surface area (Å²) in [5.41, 5.74) is 3.39. The molecule has 0 aliphatic heterocycles. The normalized spacial score (nSPS) is 12.3. The third kappa shape index (κ3) is 6.27. The lowest BCUT2D eigenvalue weighted by Gasteiger charge is -2.20. The van der Waals surface area contributed by atoms with Crippen molar-refractivity contribution >= 4 is 28.5 Å². The van der Waals surface area contributed by atoms with Crippen LogP contribution in [0.2, 0.25) is 0 Å². The van der Waals surface area contributed by atoms with Gasteiger partial charge in [0, 0.05) is 29.0 Å². The Bertz CT molecular complexity index is 1070. The molecule has 2 aromatic carbocycles. The highest BCUT2D eigenvalue weighted by Crippen LogP contribution is 2.31. The maximum atomic E-state index is 12.5. The lowest BCUT2D eigenvalue weighted by molar-refractivity contribution is -0.135. The molecule has 3 rings (SSSR count). The predicted octanol–water partition coefficient (Wildman–Crippen LogP) is 7.91. The van der Waals surface area contributed by atoms with Gasteiger partial charge in [-0.2, -0.15) is 13.2 Å². The van der Waals surface area contributed by atoms with Crippen molar-refractivity contribution in [2.45, 2.75) is 68.8 Å². The number of hydrogen-bond donors (Lipinski definition) is 0. The van der Waals surface area contributed by atoms with Gasteiger partial charge < -0.3 is 4.57 Å². The van der Waals surface area contributed by atoms with E-state index in [0.29, 0.717) is 18.7 Å². The number of aromatic nitrogens is 2. The van der Waals surface area contributed by atoms with Gasteiger partial charge in [0.15, 0.2) is 5.69 Å². The second-order valence-electron chi connectivity index (χ2n) is 8.63. The van der Waals surface area contributed by atoms with Crippen molar-refractivity contribution < 1.29 is 13.2 Å². The summed E-state index contributed by atoms with van der Waals surface area (Å²) in [6.07, 6.45) is -4.27. The summed E-state index contributed by atoms with van der Waals surface area (Å²) in [6.45, 7) is 13.8. The van der Waals surface area contributed by atoms with E-state index in [1.807, 2.05) is 36.4 Å². The first kappa shape index (κ1) is 23.2. The standard InChI is InChI=1S/C24H26F3N3S/c1-23(2,3)22-29-20-15-19(31-16-17-7-9-18(28-4)10-8-17)11-12-21(20)30(22)14-6-5-13-24(25,26)27/h7-12,15H,5-6,13-14,16H2,1-3H3. The fourth-order valence-electron chi connectivity index (χ4n) is 3.43.